The van der Waals surface area contributed by atoms with Crippen LogP contribution in [0, 0.1) is 11.3 Å². The Morgan fingerprint density at radius 2 is 1.29 bits per heavy atom. The van der Waals surface area contributed by atoms with Crippen LogP contribution in [0.2, 0.25) is 19.6 Å². The van der Waals surface area contributed by atoms with Crippen LogP contribution in [0.1, 0.15) is 55.4 Å². The molecule has 0 aromatic carbocycles. The van der Waals surface area contributed by atoms with Crippen LogP contribution in [0.25, 0.3) is 0 Å². The van der Waals surface area contributed by atoms with Gasteiger partial charge in [-0.25, -0.2) is 0 Å². The minimum absolute atomic E-state index is 0.000869. The SMILES string of the molecule is CCOP(=O)(OCC)C(O[Si](C)(C)C)(C(C)C)P(=O)(OCC)C(=O)C(C)(C)C. The molecule has 0 heterocycles. The van der Waals surface area contributed by atoms with E-state index in [9.17, 15) is 13.9 Å². The summed E-state index contributed by atoms with van der Waals surface area (Å²) in [6.07, 6.45) is 0. The number of rotatable bonds is 12. The lowest BCUT2D eigenvalue weighted by Crippen LogP contribution is -2.50. The van der Waals surface area contributed by atoms with Gasteiger partial charge in [-0.05, 0) is 40.4 Å². The molecule has 0 saturated carbocycles. The summed E-state index contributed by atoms with van der Waals surface area (Å²) in [6.45, 7) is 19.1. The third-order valence-corrected chi connectivity index (χ3v) is 12.5. The minimum atomic E-state index is -4.35. The van der Waals surface area contributed by atoms with Crippen LogP contribution in [0.15, 0.2) is 0 Å². The molecule has 7 nitrogen and oxygen atoms in total. The maximum absolute atomic E-state index is 14.5. The fourth-order valence-corrected chi connectivity index (χ4v) is 13.1. The first-order chi connectivity index (χ1) is 12.5. The Labute approximate surface area is 172 Å². The summed E-state index contributed by atoms with van der Waals surface area (Å²) >= 11 is 0. The highest BCUT2D eigenvalue weighted by molar-refractivity contribution is 7.86. The van der Waals surface area contributed by atoms with Crippen molar-refractivity contribution in [2.24, 2.45) is 11.3 Å². The van der Waals surface area contributed by atoms with Crippen LogP contribution in [-0.2, 0) is 31.9 Å². The zero-order valence-corrected chi connectivity index (χ0v) is 22.2. The van der Waals surface area contributed by atoms with E-state index in [0.29, 0.717) is 0 Å². The van der Waals surface area contributed by atoms with Gasteiger partial charge in [0.1, 0.15) is 0 Å². The molecule has 2 unspecified atom stereocenters. The molecular formula is C18H40O7P2Si. The summed E-state index contributed by atoms with van der Waals surface area (Å²) in [5.74, 6) is -0.633. The lowest BCUT2D eigenvalue weighted by atomic mass is 9.99. The van der Waals surface area contributed by atoms with Crippen LogP contribution in [0.3, 0.4) is 0 Å². The summed E-state index contributed by atoms with van der Waals surface area (Å²) < 4.78 is 52.0. The highest BCUT2D eigenvalue weighted by atomic mass is 31.2. The second-order valence-corrected chi connectivity index (χ2v) is 18.3. The number of carbonyl (C=O) groups is 1. The van der Waals surface area contributed by atoms with E-state index < -0.39 is 45.2 Å². The molecule has 0 radical (unpaired) electrons. The van der Waals surface area contributed by atoms with Crippen molar-refractivity contribution in [3.8, 4) is 0 Å². The largest absolute Gasteiger partial charge is 0.394 e. The molecule has 2 atom stereocenters. The van der Waals surface area contributed by atoms with Gasteiger partial charge in [0, 0.05) is 11.3 Å². The monoisotopic (exact) mass is 458 g/mol. The van der Waals surface area contributed by atoms with Crippen molar-refractivity contribution in [3.63, 3.8) is 0 Å². The van der Waals surface area contributed by atoms with Gasteiger partial charge in [-0.1, -0.05) is 34.6 Å². The Hall–Kier alpha value is 0.187. The Morgan fingerprint density at radius 1 is 0.893 bits per heavy atom. The molecular weight excluding hydrogens is 418 g/mol. The Kier molecular flexibility index (Phi) is 10.1. The summed E-state index contributed by atoms with van der Waals surface area (Å²) in [7, 11) is -11.0. The molecule has 0 N–H and O–H groups in total. The van der Waals surface area contributed by atoms with Crippen molar-refractivity contribution in [1.29, 1.82) is 0 Å². The van der Waals surface area contributed by atoms with E-state index in [4.69, 9.17) is 18.0 Å². The van der Waals surface area contributed by atoms with Crippen LogP contribution < -0.4 is 0 Å². The molecule has 0 spiro atoms. The molecule has 0 amide bonds. The average Bonchev–Trinajstić information content (AvgIpc) is 2.50. The van der Waals surface area contributed by atoms with Crippen molar-refractivity contribution in [2.75, 3.05) is 19.8 Å². The van der Waals surface area contributed by atoms with Gasteiger partial charge in [0.2, 0.25) is 10.6 Å². The summed E-state index contributed by atoms with van der Waals surface area (Å²) in [5.41, 5.74) is -1.63. The predicted octanol–water partition coefficient (Wildman–Crippen LogP) is 6.30. The van der Waals surface area contributed by atoms with Crippen LogP contribution >= 0.6 is 15.0 Å². The quantitative estimate of drug-likeness (QED) is 0.250. The normalized spacial score (nSPS) is 18.0. The van der Waals surface area contributed by atoms with Gasteiger partial charge < -0.3 is 18.0 Å². The van der Waals surface area contributed by atoms with Crippen molar-refractivity contribution >= 4 is 28.8 Å². The maximum Gasteiger partial charge on any atom is 0.371 e. The number of hydrogen-bond donors (Lipinski definition) is 0. The predicted molar refractivity (Wildman–Crippen MR) is 117 cm³/mol. The topological polar surface area (TPSA) is 88.1 Å². The van der Waals surface area contributed by atoms with Gasteiger partial charge in [-0.2, -0.15) is 0 Å². The van der Waals surface area contributed by atoms with E-state index in [0.717, 1.165) is 0 Å². The number of carbonyl (C=O) groups excluding carboxylic acids is 1. The first-order valence-corrected chi connectivity index (χ1v) is 16.5. The lowest BCUT2D eigenvalue weighted by molar-refractivity contribution is -0.120. The fraction of sp³-hybridized carbons (Fsp3) is 0.944. The highest BCUT2D eigenvalue weighted by Crippen LogP contribution is 2.81. The molecule has 0 bridgehead atoms. The average molecular weight is 459 g/mol. The van der Waals surface area contributed by atoms with Gasteiger partial charge in [-0.15, -0.1) is 0 Å². The molecule has 168 valence electrons. The lowest BCUT2D eigenvalue weighted by Gasteiger charge is -2.48. The smallest absolute Gasteiger partial charge is 0.371 e. The molecule has 0 aliphatic carbocycles. The van der Waals surface area contributed by atoms with E-state index in [1.54, 1.807) is 55.4 Å². The van der Waals surface area contributed by atoms with E-state index >= 15 is 0 Å². The minimum Gasteiger partial charge on any atom is -0.394 e. The van der Waals surface area contributed by atoms with Gasteiger partial charge in [0.05, 0.1) is 19.8 Å². The second-order valence-electron chi connectivity index (χ2n) is 8.89. The molecule has 0 rings (SSSR count). The maximum atomic E-state index is 14.5. The van der Waals surface area contributed by atoms with E-state index in [1.165, 1.54) is 0 Å². The first-order valence-electron chi connectivity index (χ1n) is 9.88. The zero-order chi connectivity index (χ0) is 22.6. The molecule has 0 aromatic rings. The van der Waals surface area contributed by atoms with Crippen molar-refractivity contribution in [1.82, 2.24) is 0 Å². The van der Waals surface area contributed by atoms with E-state index in [2.05, 4.69) is 0 Å². The van der Waals surface area contributed by atoms with E-state index in [1.807, 2.05) is 19.6 Å². The Bertz CT molecular complexity index is 612. The molecule has 0 saturated heterocycles. The third kappa shape index (κ3) is 5.66. The van der Waals surface area contributed by atoms with Crippen LogP contribution in [0.4, 0.5) is 0 Å². The van der Waals surface area contributed by atoms with Gasteiger partial charge in [0.15, 0.2) is 8.32 Å². The first kappa shape index (κ1) is 28.2. The Morgan fingerprint density at radius 3 is 1.54 bits per heavy atom. The summed E-state index contributed by atoms with van der Waals surface area (Å²) in [5, 5.41) is -2.02. The molecule has 0 aromatic heterocycles. The summed E-state index contributed by atoms with van der Waals surface area (Å²) in [4.78, 5) is 13.5. The van der Waals surface area contributed by atoms with Crippen LogP contribution in [-0.4, -0.2) is 38.7 Å². The Balaban J connectivity index is 7.34. The second kappa shape index (κ2) is 10.00. The third-order valence-electron chi connectivity index (χ3n) is 3.84. The molecule has 10 heteroatoms. The standard InChI is InChI=1S/C18H40O7P2Si/c1-12-22-26(20,16(19)17(6,7)8)18(15(4)5,25-28(9,10)11)27(21,23-13-2)24-14-3/h15H,12-14H2,1-11H3. The fourth-order valence-electron chi connectivity index (χ4n) is 2.98. The van der Waals surface area contributed by atoms with Crippen LogP contribution in [0.5, 0.6) is 0 Å². The molecule has 0 aliphatic rings. The number of hydrogen-bond acceptors (Lipinski definition) is 7. The molecule has 0 aliphatic heterocycles. The molecule has 0 fully saturated rings. The van der Waals surface area contributed by atoms with Crippen molar-refractivity contribution < 1.29 is 31.9 Å². The molecule has 28 heavy (non-hydrogen) atoms. The highest BCUT2D eigenvalue weighted by Gasteiger charge is 2.71. The zero-order valence-electron chi connectivity index (χ0n) is 19.5. The van der Waals surface area contributed by atoms with Gasteiger partial charge in [-0.3, -0.25) is 13.9 Å². The van der Waals surface area contributed by atoms with Gasteiger partial charge in [0.25, 0.3) is 0 Å². The van der Waals surface area contributed by atoms with E-state index in [-0.39, 0.29) is 19.8 Å². The van der Waals surface area contributed by atoms with Crippen molar-refractivity contribution in [3.05, 3.63) is 0 Å². The van der Waals surface area contributed by atoms with Gasteiger partial charge >= 0.3 is 15.0 Å². The summed E-state index contributed by atoms with van der Waals surface area (Å²) in [6, 6.07) is 0. The van der Waals surface area contributed by atoms with Crippen molar-refractivity contribution in [2.45, 2.75) is 80.1 Å².